The molecule has 0 aliphatic rings. The van der Waals surface area contributed by atoms with E-state index in [9.17, 15) is 4.79 Å². The van der Waals surface area contributed by atoms with Crippen molar-refractivity contribution in [2.45, 2.75) is 0 Å². The molecule has 0 unspecified atom stereocenters. The van der Waals surface area contributed by atoms with Crippen LogP contribution < -0.4 is 14.2 Å². The van der Waals surface area contributed by atoms with E-state index in [0.29, 0.717) is 22.8 Å². The first-order valence-corrected chi connectivity index (χ1v) is 5.97. The lowest BCUT2D eigenvalue weighted by Gasteiger charge is -2.12. The van der Waals surface area contributed by atoms with Crippen LogP contribution >= 0.6 is 0 Å². The molecule has 104 valence electrons. The molecule has 1 heterocycles. The Hall–Kier alpha value is -2.56. The fraction of sp³-hybridized carbons (Fsp3) is 0.200. The van der Waals surface area contributed by atoms with Crippen LogP contribution in [0.3, 0.4) is 0 Å². The molecule has 5 heteroatoms. The molecule has 5 nitrogen and oxygen atoms in total. The fourth-order valence-electron chi connectivity index (χ4n) is 1.92. The lowest BCUT2D eigenvalue weighted by atomic mass is 10.0. The highest BCUT2D eigenvalue weighted by Crippen LogP contribution is 2.32. The maximum Gasteiger partial charge on any atom is 0.222 e. The Balaban J connectivity index is 2.58. The van der Waals surface area contributed by atoms with Crippen LogP contribution in [0.15, 0.2) is 36.5 Å². The quantitative estimate of drug-likeness (QED) is 0.783. The molecule has 0 amide bonds. The molecule has 20 heavy (non-hydrogen) atoms. The number of carbonyl (C=O) groups excluding carboxylic acids is 1. The first-order chi connectivity index (χ1) is 9.72. The number of benzene rings is 1. The molecule has 2 aromatic rings. The van der Waals surface area contributed by atoms with Gasteiger partial charge in [0.1, 0.15) is 22.8 Å². The molecular weight excluding hydrogens is 258 g/mol. The van der Waals surface area contributed by atoms with Crippen molar-refractivity contribution < 1.29 is 19.0 Å². The zero-order chi connectivity index (χ0) is 14.5. The number of carbonyl (C=O) groups is 1. The van der Waals surface area contributed by atoms with Crippen molar-refractivity contribution in [2.75, 3.05) is 21.3 Å². The van der Waals surface area contributed by atoms with E-state index in [1.807, 2.05) is 0 Å². The minimum Gasteiger partial charge on any atom is -0.496 e. The second-order valence-corrected chi connectivity index (χ2v) is 3.92. The number of nitrogens with zero attached hydrogens (tertiary/aromatic N) is 1. The molecular formula is C15H15NO4. The molecule has 0 saturated carbocycles. The van der Waals surface area contributed by atoms with E-state index < -0.39 is 0 Å². The Morgan fingerprint density at radius 1 is 0.900 bits per heavy atom. The van der Waals surface area contributed by atoms with E-state index in [4.69, 9.17) is 14.2 Å². The first-order valence-electron chi connectivity index (χ1n) is 5.97. The monoisotopic (exact) mass is 273 g/mol. The maximum absolute atomic E-state index is 12.7. The van der Waals surface area contributed by atoms with Crippen LogP contribution in [-0.2, 0) is 0 Å². The van der Waals surface area contributed by atoms with E-state index in [0.717, 1.165) is 0 Å². The van der Waals surface area contributed by atoms with Gasteiger partial charge in [0.05, 0.1) is 21.3 Å². The summed E-state index contributed by atoms with van der Waals surface area (Å²) in [6, 6.07) is 8.54. The van der Waals surface area contributed by atoms with Gasteiger partial charge in [0.15, 0.2) is 5.69 Å². The van der Waals surface area contributed by atoms with Crippen LogP contribution in [0.5, 0.6) is 17.2 Å². The third-order valence-electron chi connectivity index (χ3n) is 2.86. The van der Waals surface area contributed by atoms with Crippen LogP contribution in [0.4, 0.5) is 0 Å². The summed E-state index contributed by atoms with van der Waals surface area (Å²) >= 11 is 0. The highest BCUT2D eigenvalue weighted by Gasteiger charge is 2.23. The van der Waals surface area contributed by atoms with Crippen molar-refractivity contribution in [1.82, 2.24) is 4.98 Å². The number of aromatic nitrogens is 1. The minimum absolute atomic E-state index is 0.220. The van der Waals surface area contributed by atoms with Gasteiger partial charge in [0, 0.05) is 6.20 Å². The molecule has 1 aromatic carbocycles. The molecule has 0 spiro atoms. The molecule has 0 saturated heterocycles. The van der Waals surface area contributed by atoms with Gasteiger partial charge in [-0.05, 0) is 24.3 Å². The van der Waals surface area contributed by atoms with Crippen LogP contribution in [0, 0.1) is 0 Å². The van der Waals surface area contributed by atoms with Crippen molar-refractivity contribution in [2.24, 2.45) is 0 Å². The Bertz CT molecular complexity index is 603. The Labute approximate surface area is 117 Å². The summed E-state index contributed by atoms with van der Waals surface area (Å²) in [4.78, 5) is 16.8. The highest BCUT2D eigenvalue weighted by molar-refractivity contribution is 6.12. The highest BCUT2D eigenvalue weighted by atomic mass is 16.5. The second-order valence-electron chi connectivity index (χ2n) is 3.92. The molecule has 0 atom stereocenters. The standard InChI is InChI=1S/C15H15NO4/c1-18-10-6-4-7-11(19-2)13(10)15(17)14-12(20-3)8-5-9-16-14/h4-9H,1-3H3. The van der Waals surface area contributed by atoms with Crippen molar-refractivity contribution in [3.05, 3.63) is 47.8 Å². The van der Waals surface area contributed by atoms with Gasteiger partial charge in [0.25, 0.3) is 0 Å². The SMILES string of the molecule is COc1cccnc1C(=O)c1c(OC)cccc1OC. The molecule has 0 aliphatic carbocycles. The number of ether oxygens (including phenoxy) is 3. The van der Waals surface area contributed by atoms with Crippen LogP contribution in [0.25, 0.3) is 0 Å². The van der Waals surface area contributed by atoms with Crippen molar-refractivity contribution in [3.63, 3.8) is 0 Å². The second kappa shape index (κ2) is 6.06. The molecule has 1 aromatic heterocycles. The fourth-order valence-corrected chi connectivity index (χ4v) is 1.92. The third-order valence-corrected chi connectivity index (χ3v) is 2.86. The number of rotatable bonds is 5. The zero-order valence-electron chi connectivity index (χ0n) is 11.5. The molecule has 0 fully saturated rings. The van der Waals surface area contributed by atoms with Gasteiger partial charge in [-0.3, -0.25) is 4.79 Å². The largest absolute Gasteiger partial charge is 0.496 e. The number of hydrogen-bond acceptors (Lipinski definition) is 5. The van der Waals surface area contributed by atoms with Gasteiger partial charge in [-0.1, -0.05) is 6.07 Å². The minimum atomic E-state index is -0.309. The first kappa shape index (κ1) is 13.9. The van der Waals surface area contributed by atoms with Gasteiger partial charge in [-0.15, -0.1) is 0 Å². The number of ketones is 1. The van der Waals surface area contributed by atoms with Gasteiger partial charge >= 0.3 is 0 Å². The topological polar surface area (TPSA) is 57.7 Å². The predicted molar refractivity (Wildman–Crippen MR) is 73.8 cm³/mol. The summed E-state index contributed by atoms with van der Waals surface area (Å²) in [6.45, 7) is 0. The predicted octanol–water partition coefficient (Wildman–Crippen LogP) is 2.34. The lowest BCUT2D eigenvalue weighted by Crippen LogP contribution is -2.09. The smallest absolute Gasteiger partial charge is 0.222 e. The molecule has 0 N–H and O–H groups in total. The zero-order valence-corrected chi connectivity index (χ0v) is 11.5. The maximum atomic E-state index is 12.7. The summed E-state index contributed by atoms with van der Waals surface area (Å²) in [5, 5.41) is 0. The number of pyridine rings is 1. The summed E-state index contributed by atoms with van der Waals surface area (Å²) in [7, 11) is 4.50. The Kier molecular flexibility index (Phi) is 4.20. The van der Waals surface area contributed by atoms with E-state index in [1.165, 1.54) is 27.5 Å². The van der Waals surface area contributed by atoms with Crippen molar-refractivity contribution in [3.8, 4) is 17.2 Å². The van der Waals surface area contributed by atoms with Gasteiger partial charge < -0.3 is 14.2 Å². The molecule has 0 radical (unpaired) electrons. The summed E-state index contributed by atoms with van der Waals surface area (Å²) < 4.78 is 15.6. The lowest BCUT2D eigenvalue weighted by molar-refractivity contribution is 0.102. The van der Waals surface area contributed by atoms with Crippen LogP contribution in [0.1, 0.15) is 16.1 Å². The third kappa shape index (κ3) is 2.42. The average molecular weight is 273 g/mol. The molecule has 0 bridgehead atoms. The van der Waals surface area contributed by atoms with E-state index in [2.05, 4.69) is 4.98 Å². The van der Waals surface area contributed by atoms with Crippen LogP contribution in [-0.4, -0.2) is 32.1 Å². The molecule has 2 rings (SSSR count). The van der Waals surface area contributed by atoms with Crippen molar-refractivity contribution >= 4 is 5.78 Å². The average Bonchev–Trinajstić information content (AvgIpc) is 2.53. The summed E-state index contributed by atoms with van der Waals surface area (Å²) in [5.41, 5.74) is 0.548. The van der Waals surface area contributed by atoms with E-state index in [1.54, 1.807) is 30.3 Å². The van der Waals surface area contributed by atoms with E-state index in [-0.39, 0.29) is 11.5 Å². The van der Waals surface area contributed by atoms with Gasteiger partial charge in [0.2, 0.25) is 5.78 Å². The van der Waals surface area contributed by atoms with Crippen molar-refractivity contribution in [1.29, 1.82) is 0 Å². The van der Waals surface area contributed by atoms with E-state index >= 15 is 0 Å². The number of hydrogen-bond donors (Lipinski definition) is 0. The summed E-state index contributed by atoms with van der Waals surface area (Å²) in [6.07, 6.45) is 1.54. The van der Waals surface area contributed by atoms with Crippen LogP contribution in [0.2, 0.25) is 0 Å². The molecule has 0 aliphatic heterocycles. The normalized spacial score (nSPS) is 9.95. The van der Waals surface area contributed by atoms with Gasteiger partial charge in [-0.25, -0.2) is 4.98 Å². The Morgan fingerprint density at radius 2 is 1.45 bits per heavy atom. The Morgan fingerprint density at radius 3 is 2.00 bits per heavy atom. The van der Waals surface area contributed by atoms with Gasteiger partial charge in [-0.2, -0.15) is 0 Å². The summed E-state index contributed by atoms with van der Waals surface area (Å²) in [5.74, 6) is 0.964. The number of methoxy groups -OCH3 is 3.